The van der Waals surface area contributed by atoms with Crippen LogP contribution in [0.1, 0.15) is 12.8 Å². The molecule has 1 amide bonds. The maximum absolute atomic E-state index is 12.0. The van der Waals surface area contributed by atoms with Crippen LogP contribution in [0, 0.1) is 0 Å². The molecule has 21 heavy (non-hydrogen) atoms. The van der Waals surface area contributed by atoms with Crippen LogP contribution < -0.4 is 11.1 Å². The number of nitrogens with zero attached hydrogens (tertiary/aromatic N) is 1. The van der Waals surface area contributed by atoms with Crippen molar-refractivity contribution in [3.63, 3.8) is 0 Å². The van der Waals surface area contributed by atoms with E-state index in [1.54, 1.807) is 0 Å². The molecule has 0 rings (SSSR count). The second-order valence-electron chi connectivity index (χ2n) is 4.35. The van der Waals surface area contributed by atoms with Crippen LogP contribution >= 0.6 is 24.8 Å². The van der Waals surface area contributed by atoms with Gasteiger partial charge in [-0.2, -0.15) is 13.2 Å². The van der Waals surface area contributed by atoms with Gasteiger partial charge in [-0.3, -0.25) is 9.69 Å². The van der Waals surface area contributed by atoms with E-state index >= 15 is 0 Å². The Balaban J connectivity index is -0.00000162. The topological polar surface area (TPSA) is 67.6 Å². The third kappa shape index (κ3) is 15.9. The van der Waals surface area contributed by atoms with Crippen molar-refractivity contribution in [2.45, 2.75) is 25.1 Å². The molecule has 10 heteroatoms. The first kappa shape index (κ1) is 25.7. The summed E-state index contributed by atoms with van der Waals surface area (Å²) in [6.45, 7) is -0.0927. The summed E-state index contributed by atoms with van der Waals surface area (Å²) in [4.78, 5) is 12.6. The Morgan fingerprint density at radius 1 is 1.38 bits per heavy atom. The van der Waals surface area contributed by atoms with Gasteiger partial charge in [0, 0.05) is 20.2 Å². The van der Waals surface area contributed by atoms with E-state index in [0.717, 1.165) is 0 Å². The number of halogens is 5. The van der Waals surface area contributed by atoms with Gasteiger partial charge >= 0.3 is 6.18 Å². The van der Waals surface area contributed by atoms with E-state index < -0.39 is 12.7 Å². The molecule has 130 valence electrons. The molecule has 0 bridgehead atoms. The largest absolute Gasteiger partial charge is 0.401 e. The zero-order chi connectivity index (χ0) is 14.9. The van der Waals surface area contributed by atoms with Crippen LogP contribution in [-0.4, -0.2) is 63.4 Å². The highest BCUT2D eigenvalue weighted by atomic mass is 35.5. The summed E-state index contributed by atoms with van der Waals surface area (Å²) in [7, 11) is 2.86. The number of rotatable bonds is 9. The highest BCUT2D eigenvalue weighted by Gasteiger charge is 2.28. The molecule has 0 saturated heterocycles. The van der Waals surface area contributed by atoms with Crippen molar-refractivity contribution in [2.24, 2.45) is 5.73 Å². The van der Waals surface area contributed by atoms with Gasteiger partial charge in [-0.05, 0) is 20.0 Å². The number of methoxy groups -OCH3 is 1. The summed E-state index contributed by atoms with van der Waals surface area (Å²) in [5.41, 5.74) is 5.37. The molecule has 0 aliphatic rings. The van der Waals surface area contributed by atoms with Crippen molar-refractivity contribution in [2.75, 3.05) is 40.3 Å². The van der Waals surface area contributed by atoms with E-state index in [0.29, 0.717) is 13.0 Å². The number of ether oxygens (including phenoxy) is 1. The third-order valence-electron chi connectivity index (χ3n) is 2.50. The summed E-state index contributed by atoms with van der Waals surface area (Å²) in [6, 6.07) is 0. The van der Waals surface area contributed by atoms with Crippen LogP contribution in [-0.2, 0) is 9.53 Å². The quantitative estimate of drug-likeness (QED) is 0.608. The number of hydrogen-bond acceptors (Lipinski definition) is 4. The molecule has 0 aliphatic carbocycles. The van der Waals surface area contributed by atoms with Gasteiger partial charge in [-0.15, -0.1) is 24.8 Å². The zero-order valence-electron chi connectivity index (χ0n) is 12.1. The van der Waals surface area contributed by atoms with Crippen molar-refractivity contribution >= 4 is 30.7 Å². The van der Waals surface area contributed by atoms with Gasteiger partial charge in [0.2, 0.25) is 5.91 Å². The molecule has 5 nitrogen and oxygen atoms in total. The van der Waals surface area contributed by atoms with E-state index in [-0.39, 0.29) is 56.3 Å². The highest BCUT2D eigenvalue weighted by molar-refractivity contribution is 5.85. The van der Waals surface area contributed by atoms with Crippen molar-refractivity contribution in [3.05, 3.63) is 0 Å². The second kappa shape index (κ2) is 13.4. The van der Waals surface area contributed by atoms with E-state index in [1.165, 1.54) is 19.1 Å². The van der Waals surface area contributed by atoms with Crippen LogP contribution in [0.15, 0.2) is 0 Å². The van der Waals surface area contributed by atoms with Gasteiger partial charge in [0.25, 0.3) is 0 Å². The van der Waals surface area contributed by atoms with Gasteiger partial charge in [0.05, 0.1) is 19.1 Å². The van der Waals surface area contributed by atoms with Crippen LogP contribution in [0.2, 0.25) is 0 Å². The Morgan fingerprint density at radius 2 is 1.95 bits per heavy atom. The van der Waals surface area contributed by atoms with Gasteiger partial charge < -0.3 is 15.8 Å². The molecule has 0 spiro atoms. The van der Waals surface area contributed by atoms with Crippen LogP contribution in [0.25, 0.3) is 0 Å². The molecule has 1 atom stereocenters. The third-order valence-corrected chi connectivity index (χ3v) is 2.50. The van der Waals surface area contributed by atoms with Gasteiger partial charge in [0.15, 0.2) is 0 Å². The second-order valence-corrected chi connectivity index (χ2v) is 4.35. The molecule has 0 aliphatic heterocycles. The lowest BCUT2D eigenvalue weighted by Gasteiger charge is -2.18. The predicted octanol–water partition coefficient (Wildman–Crippen LogP) is 1.19. The fraction of sp³-hybridized carbons (Fsp3) is 0.909. The minimum atomic E-state index is -4.19. The normalized spacial score (nSPS) is 12.3. The Hall–Kier alpha value is -0.280. The maximum Gasteiger partial charge on any atom is 0.401 e. The van der Waals surface area contributed by atoms with Crippen molar-refractivity contribution in [1.29, 1.82) is 0 Å². The average Bonchev–Trinajstić information content (AvgIpc) is 2.29. The molecule has 0 heterocycles. The summed E-state index contributed by atoms with van der Waals surface area (Å²) < 4.78 is 41.0. The molecule has 1 unspecified atom stereocenters. The smallest absolute Gasteiger partial charge is 0.380 e. The van der Waals surface area contributed by atoms with E-state index in [9.17, 15) is 18.0 Å². The monoisotopic (exact) mass is 357 g/mol. The molecule has 0 fully saturated rings. The van der Waals surface area contributed by atoms with E-state index in [4.69, 9.17) is 10.5 Å². The van der Waals surface area contributed by atoms with Crippen LogP contribution in [0.3, 0.4) is 0 Å². The number of nitrogens with one attached hydrogen (secondary N) is 1. The summed E-state index contributed by atoms with van der Waals surface area (Å²) >= 11 is 0. The van der Waals surface area contributed by atoms with Gasteiger partial charge in [-0.25, -0.2) is 0 Å². The first-order valence-corrected chi connectivity index (χ1v) is 6.03. The Kier molecular flexibility index (Phi) is 16.4. The number of amides is 1. The molecule has 0 aromatic heterocycles. The van der Waals surface area contributed by atoms with Crippen LogP contribution in [0.5, 0.6) is 0 Å². The lowest BCUT2D eigenvalue weighted by molar-refractivity contribution is -0.143. The zero-order valence-corrected chi connectivity index (χ0v) is 13.7. The maximum atomic E-state index is 12.0. The lowest BCUT2D eigenvalue weighted by atomic mass is 10.2. The minimum absolute atomic E-state index is 0. The first-order chi connectivity index (χ1) is 8.78. The summed E-state index contributed by atoms with van der Waals surface area (Å²) in [6.07, 6.45) is -3.90. The summed E-state index contributed by atoms with van der Waals surface area (Å²) in [5.74, 6) is -0.212. The molecule has 0 radical (unpaired) electrons. The number of carbonyl (C=O) groups is 1. The van der Waals surface area contributed by atoms with Crippen molar-refractivity contribution in [1.82, 2.24) is 10.2 Å². The minimum Gasteiger partial charge on any atom is -0.380 e. The average molecular weight is 358 g/mol. The predicted molar refractivity (Wildman–Crippen MR) is 80.1 cm³/mol. The first-order valence-electron chi connectivity index (χ1n) is 6.03. The van der Waals surface area contributed by atoms with Crippen LogP contribution in [0.4, 0.5) is 13.2 Å². The lowest BCUT2D eigenvalue weighted by Crippen LogP contribution is -2.35. The molecular weight excluding hydrogens is 334 g/mol. The van der Waals surface area contributed by atoms with Crippen molar-refractivity contribution < 1.29 is 22.7 Å². The number of hydrogen-bond donors (Lipinski definition) is 2. The molecule has 3 N–H and O–H groups in total. The standard InChI is InChI=1S/C11H22F3N3O2.2ClH/c1-17(8-11(12,13)14)5-3-4-16-10(18)6-9(7-15)19-2;;/h9H,3-8,15H2,1-2H3,(H,16,18);2*1H. The molecule has 0 aromatic carbocycles. The van der Waals surface area contributed by atoms with Crippen molar-refractivity contribution in [3.8, 4) is 0 Å². The number of carbonyl (C=O) groups excluding carboxylic acids is 1. The van der Waals surface area contributed by atoms with Gasteiger partial charge in [0.1, 0.15) is 0 Å². The Morgan fingerprint density at radius 3 is 2.38 bits per heavy atom. The number of alkyl halides is 3. The molecular formula is C11H24Cl2F3N3O2. The van der Waals surface area contributed by atoms with E-state index in [2.05, 4.69) is 5.32 Å². The highest BCUT2D eigenvalue weighted by Crippen LogP contribution is 2.15. The fourth-order valence-corrected chi connectivity index (χ4v) is 1.50. The Bertz CT molecular complexity index is 268. The SMILES string of the molecule is COC(CN)CC(=O)NCCCN(C)CC(F)(F)F.Cl.Cl. The summed E-state index contributed by atoms with van der Waals surface area (Å²) in [5, 5.41) is 2.62. The fourth-order valence-electron chi connectivity index (χ4n) is 1.50. The van der Waals surface area contributed by atoms with E-state index in [1.807, 2.05) is 0 Å². The molecule has 0 aromatic rings. The Labute approximate surface area is 135 Å². The van der Waals surface area contributed by atoms with Gasteiger partial charge in [-0.1, -0.05) is 0 Å². The number of nitrogens with two attached hydrogens (primary N) is 1. The molecule has 0 saturated carbocycles.